The Morgan fingerprint density at radius 3 is 2.38 bits per heavy atom. The monoisotopic (exact) mass is 233 g/mol. The zero-order chi connectivity index (χ0) is 11.2. The number of rotatable bonds is 0. The maximum atomic E-state index is 9.15. The fourth-order valence-corrected chi connectivity index (χ4v) is 3.90. The van der Waals surface area contributed by atoms with Crippen molar-refractivity contribution < 1.29 is 0 Å². The van der Waals surface area contributed by atoms with Gasteiger partial charge in [-0.2, -0.15) is 5.26 Å². The third-order valence-corrected chi connectivity index (χ3v) is 4.97. The van der Waals surface area contributed by atoms with Gasteiger partial charge < -0.3 is 0 Å². The number of nitrogens with zero attached hydrogens (tertiary/aromatic N) is 1. The highest BCUT2D eigenvalue weighted by atomic mass is 35.5. The highest BCUT2D eigenvalue weighted by Crippen LogP contribution is 2.54. The van der Waals surface area contributed by atoms with Crippen molar-refractivity contribution in [1.82, 2.24) is 0 Å². The van der Waals surface area contributed by atoms with Crippen molar-refractivity contribution in [2.24, 2.45) is 11.8 Å². The van der Waals surface area contributed by atoms with Gasteiger partial charge >= 0.3 is 0 Å². The molecule has 0 saturated heterocycles. The minimum absolute atomic E-state index is 0.101. The largest absolute Gasteiger partial charge is 0.198 e. The number of alkyl halides is 1. The zero-order valence-electron chi connectivity index (χ0n) is 9.38. The Morgan fingerprint density at radius 2 is 1.81 bits per heavy atom. The highest BCUT2D eigenvalue weighted by molar-refractivity contribution is 6.28. The molecule has 1 unspecified atom stereocenters. The maximum absolute atomic E-state index is 9.15. The highest BCUT2D eigenvalue weighted by Gasteiger charge is 2.47. The molecule has 84 valence electrons. The van der Waals surface area contributed by atoms with E-state index in [1.807, 2.05) is 0 Å². The summed E-state index contributed by atoms with van der Waals surface area (Å²) in [6.45, 7) is 0. The summed E-state index contributed by atoms with van der Waals surface area (Å²) in [7, 11) is 0. The smallest absolute Gasteiger partial charge is 0.0877 e. The second kappa shape index (κ2) is 3.64. The minimum Gasteiger partial charge on any atom is -0.198 e. The molecule has 4 rings (SSSR count). The Hall–Kier alpha value is -0.740. The lowest BCUT2D eigenvalue weighted by molar-refractivity contribution is 0.388. The Morgan fingerprint density at radius 1 is 1.19 bits per heavy atom. The van der Waals surface area contributed by atoms with Crippen LogP contribution in [0.25, 0.3) is 0 Å². The molecule has 0 radical (unpaired) electrons. The van der Waals surface area contributed by atoms with E-state index in [-0.39, 0.29) is 10.8 Å². The SMILES string of the molecule is N#CC1CC2(Cl)C3=CC1C=C2CCCCC3. The van der Waals surface area contributed by atoms with E-state index in [9.17, 15) is 0 Å². The van der Waals surface area contributed by atoms with Crippen molar-refractivity contribution >= 4 is 11.6 Å². The molecule has 0 aromatic heterocycles. The Kier molecular flexibility index (Phi) is 2.37. The first-order valence-corrected chi connectivity index (χ1v) is 6.63. The molecule has 2 heteroatoms. The lowest BCUT2D eigenvalue weighted by Crippen LogP contribution is -2.41. The molecule has 4 bridgehead atoms. The van der Waals surface area contributed by atoms with Crippen LogP contribution < -0.4 is 0 Å². The van der Waals surface area contributed by atoms with Gasteiger partial charge in [-0.25, -0.2) is 0 Å². The quantitative estimate of drug-likeness (QED) is 0.459. The van der Waals surface area contributed by atoms with E-state index in [0.29, 0.717) is 5.92 Å². The standard InChI is InChI=1S/C14H16ClN/c15-14-8-11(9-16)10-6-12(14)4-2-1-3-5-13(14)7-10/h6-7,10-11H,1-5,8H2. The van der Waals surface area contributed by atoms with Gasteiger partial charge in [0.15, 0.2) is 0 Å². The van der Waals surface area contributed by atoms with Crippen LogP contribution >= 0.6 is 11.6 Å². The number of allylic oxidation sites excluding steroid dienone is 4. The first-order valence-electron chi connectivity index (χ1n) is 6.25. The van der Waals surface area contributed by atoms with E-state index in [1.165, 1.54) is 30.4 Å². The summed E-state index contributed by atoms with van der Waals surface area (Å²) >= 11 is 6.83. The Balaban J connectivity index is 2.04. The van der Waals surface area contributed by atoms with Crippen molar-refractivity contribution in [2.45, 2.75) is 43.4 Å². The lowest BCUT2D eigenvalue weighted by Gasteiger charge is -2.46. The molecular weight excluding hydrogens is 218 g/mol. The second-order valence-electron chi connectivity index (χ2n) is 5.26. The number of halogens is 1. The summed E-state index contributed by atoms with van der Waals surface area (Å²) < 4.78 is 0. The first kappa shape index (κ1) is 10.4. The van der Waals surface area contributed by atoms with Crippen LogP contribution in [0.3, 0.4) is 0 Å². The molecule has 0 aromatic rings. The van der Waals surface area contributed by atoms with Gasteiger partial charge in [0.1, 0.15) is 0 Å². The maximum Gasteiger partial charge on any atom is 0.0877 e. The van der Waals surface area contributed by atoms with Crippen molar-refractivity contribution in [3.8, 4) is 6.07 Å². The predicted octanol–water partition coefficient (Wildman–Crippen LogP) is 3.95. The molecule has 16 heavy (non-hydrogen) atoms. The van der Waals surface area contributed by atoms with E-state index in [4.69, 9.17) is 16.9 Å². The third kappa shape index (κ3) is 1.36. The topological polar surface area (TPSA) is 23.8 Å². The van der Waals surface area contributed by atoms with Crippen LogP contribution in [0.15, 0.2) is 23.3 Å². The average Bonchev–Trinajstić information content (AvgIpc) is 2.29. The van der Waals surface area contributed by atoms with Gasteiger partial charge in [-0.05, 0) is 43.3 Å². The fraction of sp³-hybridized carbons (Fsp3) is 0.643. The molecule has 1 fully saturated rings. The van der Waals surface area contributed by atoms with Crippen molar-refractivity contribution in [3.63, 3.8) is 0 Å². The molecule has 1 nitrogen and oxygen atoms in total. The van der Waals surface area contributed by atoms with Gasteiger partial charge in [0.2, 0.25) is 0 Å². The molecule has 0 amide bonds. The van der Waals surface area contributed by atoms with Crippen LogP contribution in [0.5, 0.6) is 0 Å². The number of fused-ring (bicyclic) bond motifs is 1. The van der Waals surface area contributed by atoms with E-state index >= 15 is 0 Å². The number of nitriles is 1. The van der Waals surface area contributed by atoms with Gasteiger partial charge in [-0.3, -0.25) is 0 Å². The fourth-order valence-electron chi connectivity index (χ4n) is 3.42. The van der Waals surface area contributed by atoms with Crippen molar-refractivity contribution in [3.05, 3.63) is 23.3 Å². The summed E-state index contributed by atoms with van der Waals surface area (Å²) in [6, 6.07) is 2.41. The van der Waals surface area contributed by atoms with Gasteiger partial charge in [-0.1, -0.05) is 18.6 Å². The van der Waals surface area contributed by atoms with Crippen molar-refractivity contribution in [1.29, 1.82) is 5.26 Å². The van der Waals surface area contributed by atoms with Crippen LogP contribution in [0.2, 0.25) is 0 Å². The minimum atomic E-state index is -0.282. The molecule has 4 aliphatic carbocycles. The third-order valence-electron chi connectivity index (χ3n) is 4.33. The molecular formula is C14H16ClN. The van der Waals surface area contributed by atoms with Gasteiger partial charge in [0, 0.05) is 5.92 Å². The van der Waals surface area contributed by atoms with Crippen LogP contribution in [0.4, 0.5) is 0 Å². The predicted molar refractivity (Wildman–Crippen MR) is 65.0 cm³/mol. The van der Waals surface area contributed by atoms with Crippen LogP contribution in [-0.4, -0.2) is 4.87 Å². The van der Waals surface area contributed by atoms with Crippen LogP contribution in [-0.2, 0) is 0 Å². The summed E-state index contributed by atoms with van der Waals surface area (Å²) in [4.78, 5) is -0.282. The molecule has 0 spiro atoms. The van der Waals surface area contributed by atoms with E-state index in [2.05, 4.69) is 18.2 Å². The summed E-state index contributed by atoms with van der Waals surface area (Å²) in [5.41, 5.74) is 2.81. The van der Waals surface area contributed by atoms with E-state index in [0.717, 1.165) is 19.3 Å². The molecule has 0 aromatic carbocycles. The Labute approximate surface area is 102 Å². The molecule has 0 N–H and O–H groups in total. The van der Waals surface area contributed by atoms with Crippen LogP contribution in [0.1, 0.15) is 38.5 Å². The first-order chi connectivity index (χ1) is 7.74. The van der Waals surface area contributed by atoms with Gasteiger partial charge in [0.05, 0.1) is 16.9 Å². The number of hydrogen-bond acceptors (Lipinski definition) is 1. The molecule has 1 saturated carbocycles. The van der Waals surface area contributed by atoms with Gasteiger partial charge in [0.25, 0.3) is 0 Å². The summed E-state index contributed by atoms with van der Waals surface area (Å²) in [6.07, 6.45) is 11.5. The number of hydrogen-bond donors (Lipinski definition) is 0. The average molecular weight is 234 g/mol. The Bertz CT molecular complexity index is 389. The summed E-state index contributed by atoms with van der Waals surface area (Å²) in [5.74, 6) is 0.443. The normalized spacial score (nSPS) is 41.5. The van der Waals surface area contributed by atoms with Crippen molar-refractivity contribution in [2.75, 3.05) is 0 Å². The zero-order valence-corrected chi connectivity index (χ0v) is 10.1. The lowest BCUT2D eigenvalue weighted by atomic mass is 9.63. The van der Waals surface area contributed by atoms with E-state index < -0.39 is 0 Å². The molecule has 0 aliphatic heterocycles. The molecule has 1 atom stereocenters. The van der Waals surface area contributed by atoms with Gasteiger partial charge in [-0.15, -0.1) is 11.6 Å². The van der Waals surface area contributed by atoms with Crippen LogP contribution in [0, 0.1) is 23.2 Å². The molecule has 0 heterocycles. The second-order valence-corrected chi connectivity index (χ2v) is 5.91. The molecule has 4 aliphatic rings. The van der Waals surface area contributed by atoms with E-state index in [1.54, 1.807) is 0 Å². The summed E-state index contributed by atoms with van der Waals surface area (Å²) in [5, 5.41) is 9.15.